The second-order valence-electron chi connectivity index (χ2n) is 4.05. The molecule has 0 aliphatic carbocycles. The summed E-state index contributed by atoms with van der Waals surface area (Å²) in [6.07, 6.45) is 0.380. The molecule has 1 aliphatic heterocycles. The van der Waals surface area contributed by atoms with Crippen molar-refractivity contribution in [3.05, 3.63) is 18.2 Å². The van der Waals surface area contributed by atoms with Gasteiger partial charge < -0.3 is 5.32 Å². The minimum absolute atomic E-state index is 0.105. The third-order valence-electron chi connectivity index (χ3n) is 2.95. The number of hydrogen-bond donors (Lipinski definition) is 1. The van der Waals surface area contributed by atoms with Gasteiger partial charge in [-0.15, -0.1) is 0 Å². The maximum atomic E-state index is 11.9. The molecule has 0 saturated carbocycles. The summed E-state index contributed by atoms with van der Waals surface area (Å²) in [5, 5.41) is 2.71. The van der Waals surface area contributed by atoms with Gasteiger partial charge in [-0.25, -0.2) is 0 Å². The lowest BCUT2D eigenvalue weighted by Crippen LogP contribution is -2.32. The topological polar surface area (TPSA) is 69.7 Å². The van der Waals surface area contributed by atoms with Gasteiger partial charge in [0.2, 0.25) is 5.91 Å². The first-order chi connectivity index (χ1) is 8.37. The van der Waals surface area contributed by atoms with Gasteiger partial charge >= 0.3 is 10.2 Å². The van der Waals surface area contributed by atoms with Crippen molar-refractivity contribution in [2.24, 2.45) is 0 Å². The first kappa shape index (κ1) is 12.7. The summed E-state index contributed by atoms with van der Waals surface area (Å²) >= 11 is 0. The number of carbonyl (C=O) groups excluding carboxylic acids is 1. The molecule has 1 aromatic rings. The molecule has 98 valence electrons. The largest absolute Gasteiger partial charge is 0.326 e. The molecule has 18 heavy (non-hydrogen) atoms. The van der Waals surface area contributed by atoms with Crippen LogP contribution in [0.3, 0.4) is 0 Å². The molecule has 0 fully saturated rings. The molecule has 6 nitrogen and oxygen atoms in total. The van der Waals surface area contributed by atoms with Crippen LogP contribution in [0, 0.1) is 0 Å². The van der Waals surface area contributed by atoms with E-state index in [1.54, 1.807) is 25.1 Å². The zero-order valence-electron chi connectivity index (χ0n) is 10.5. The highest BCUT2D eigenvalue weighted by molar-refractivity contribution is 7.94. The van der Waals surface area contributed by atoms with Crippen LogP contribution in [0.15, 0.2) is 18.2 Å². The molecule has 1 amide bonds. The highest BCUT2D eigenvalue weighted by Crippen LogP contribution is 2.40. The second-order valence-corrected chi connectivity index (χ2v) is 6.04. The number of nitrogens with one attached hydrogen (secondary N) is 1. The van der Waals surface area contributed by atoms with Gasteiger partial charge in [-0.05, 0) is 18.2 Å². The molecule has 1 aliphatic rings. The Kier molecular flexibility index (Phi) is 2.94. The van der Waals surface area contributed by atoms with E-state index in [-0.39, 0.29) is 5.91 Å². The summed E-state index contributed by atoms with van der Waals surface area (Å²) in [6.45, 7) is 1.76. The first-order valence-electron chi connectivity index (χ1n) is 5.54. The van der Waals surface area contributed by atoms with Gasteiger partial charge in [-0.2, -0.15) is 8.42 Å². The molecule has 0 aromatic heterocycles. The Bertz CT molecular complexity index is 598. The number of carbonyl (C=O) groups is 1. The molecule has 1 N–H and O–H groups in total. The van der Waals surface area contributed by atoms with Gasteiger partial charge in [-0.1, -0.05) is 6.92 Å². The van der Waals surface area contributed by atoms with Crippen LogP contribution in [0.4, 0.5) is 17.1 Å². The minimum Gasteiger partial charge on any atom is -0.326 e. The Morgan fingerprint density at radius 2 is 1.83 bits per heavy atom. The molecule has 0 unspecified atom stereocenters. The van der Waals surface area contributed by atoms with Gasteiger partial charge in [0, 0.05) is 26.2 Å². The zero-order chi connectivity index (χ0) is 13.5. The van der Waals surface area contributed by atoms with E-state index in [9.17, 15) is 13.2 Å². The van der Waals surface area contributed by atoms with Gasteiger partial charge in [0.15, 0.2) is 0 Å². The van der Waals surface area contributed by atoms with E-state index in [0.29, 0.717) is 23.5 Å². The van der Waals surface area contributed by atoms with E-state index in [1.165, 1.54) is 22.7 Å². The molecule has 0 spiro atoms. The van der Waals surface area contributed by atoms with Gasteiger partial charge in [-0.3, -0.25) is 13.4 Å². The summed E-state index contributed by atoms with van der Waals surface area (Å²) in [5.41, 5.74) is 1.76. The van der Waals surface area contributed by atoms with Crippen molar-refractivity contribution in [2.75, 3.05) is 28.0 Å². The van der Waals surface area contributed by atoms with Crippen LogP contribution in [0.25, 0.3) is 0 Å². The van der Waals surface area contributed by atoms with Crippen molar-refractivity contribution in [2.45, 2.75) is 13.3 Å². The van der Waals surface area contributed by atoms with Crippen LogP contribution in [0.1, 0.15) is 13.3 Å². The Morgan fingerprint density at radius 1 is 1.22 bits per heavy atom. The van der Waals surface area contributed by atoms with Crippen LogP contribution in [0.2, 0.25) is 0 Å². The molecule has 7 heteroatoms. The lowest BCUT2D eigenvalue weighted by atomic mass is 10.2. The lowest BCUT2D eigenvalue weighted by Gasteiger charge is -2.13. The van der Waals surface area contributed by atoms with Crippen molar-refractivity contribution in [3.8, 4) is 0 Å². The molecule has 1 aromatic carbocycles. The molecule has 2 rings (SSSR count). The van der Waals surface area contributed by atoms with Crippen molar-refractivity contribution >= 4 is 33.2 Å². The van der Waals surface area contributed by atoms with E-state index in [4.69, 9.17) is 0 Å². The van der Waals surface area contributed by atoms with Crippen LogP contribution in [-0.4, -0.2) is 28.4 Å². The fourth-order valence-electron chi connectivity index (χ4n) is 1.80. The number of rotatable bonds is 2. The predicted molar refractivity (Wildman–Crippen MR) is 71.1 cm³/mol. The van der Waals surface area contributed by atoms with E-state index < -0.39 is 10.2 Å². The SMILES string of the molecule is CCC(=O)Nc1ccc2c(c1)N(C)S(=O)(=O)N2C. The summed E-state index contributed by atoms with van der Waals surface area (Å²) < 4.78 is 26.2. The average Bonchev–Trinajstić information content (AvgIpc) is 2.51. The summed E-state index contributed by atoms with van der Waals surface area (Å²) in [7, 11) is -0.469. The normalized spacial score (nSPS) is 16.6. The lowest BCUT2D eigenvalue weighted by molar-refractivity contribution is -0.115. The molecule has 0 radical (unpaired) electrons. The van der Waals surface area contributed by atoms with Crippen molar-refractivity contribution < 1.29 is 13.2 Å². The summed E-state index contributed by atoms with van der Waals surface area (Å²) in [6, 6.07) is 5.03. The number of amides is 1. The number of anilines is 3. The van der Waals surface area contributed by atoms with Crippen molar-refractivity contribution in [1.82, 2.24) is 0 Å². The maximum Gasteiger partial charge on any atom is 0.326 e. The fraction of sp³-hybridized carbons (Fsp3) is 0.364. The predicted octanol–water partition coefficient (Wildman–Crippen LogP) is 1.17. The molecule has 0 saturated heterocycles. The Hall–Kier alpha value is -1.76. The number of hydrogen-bond acceptors (Lipinski definition) is 3. The fourth-order valence-corrected chi connectivity index (χ4v) is 2.97. The van der Waals surface area contributed by atoms with Crippen LogP contribution >= 0.6 is 0 Å². The highest BCUT2D eigenvalue weighted by atomic mass is 32.2. The van der Waals surface area contributed by atoms with Crippen LogP contribution < -0.4 is 13.9 Å². The molecular formula is C11H15N3O3S. The summed E-state index contributed by atoms with van der Waals surface area (Å²) in [4.78, 5) is 11.3. The first-order valence-corrected chi connectivity index (χ1v) is 6.94. The highest BCUT2D eigenvalue weighted by Gasteiger charge is 2.35. The van der Waals surface area contributed by atoms with E-state index in [0.717, 1.165) is 0 Å². The Labute approximate surface area is 106 Å². The number of nitrogens with zero attached hydrogens (tertiary/aromatic N) is 2. The number of fused-ring (bicyclic) bond motifs is 1. The monoisotopic (exact) mass is 269 g/mol. The maximum absolute atomic E-state index is 11.9. The Balaban J connectivity index is 2.41. The standard InChI is InChI=1S/C11H15N3O3S/c1-4-11(15)12-8-5-6-9-10(7-8)14(3)18(16,17)13(9)2/h5-7H,4H2,1-3H3,(H,12,15). The Morgan fingerprint density at radius 3 is 2.44 bits per heavy atom. The van der Waals surface area contributed by atoms with E-state index in [2.05, 4.69) is 5.32 Å². The molecule has 0 atom stereocenters. The van der Waals surface area contributed by atoms with Crippen molar-refractivity contribution in [1.29, 1.82) is 0 Å². The smallest absolute Gasteiger partial charge is 0.326 e. The summed E-state index contributed by atoms with van der Waals surface area (Å²) in [5.74, 6) is -0.105. The molecule has 1 heterocycles. The third kappa shape index (κ3) is 1.80. The minimum atomic E-state index is -3.46. The number of benzene rings is 1. The van der Waals surface area contributed by atoms with E-state index in [1.807, 2.05) is 0 Å². The molecular weight excluding hydrogens is 254 g/mol. The van der Waals surface area contributed by atoms with Crippen LogP contribution in [-0.2, 0) is 15.0 Å². The average molecular weight is 269 g/mol. The quantitative estimate of drug-likeness (QED) is 0.876. The van der Waals surface area contributed by atoms with Gasteiger partial charge in [0.1, 0.15) is 0 Å². The molecule has 0 bridgehead atoms. The third-order valence-corrected chi connectivity index (χ3v) is 4.73. The van der Waals surface area contributed by atoms with E-state index >= 15 is 0 Å². The van der Waals surface area contributed by atoms with Crippen LogP contribution in [0.5, 0.6) is 0 Å². The second kappa shape index (κ2) is 4.16. The van der Waals surface area contributed by atoms with Gasteiger partial charge in [0.25, 0.3) is 0 Å². The van der Waals surface area contributed by atoms with Gasteiger partial charge in [0.05, 0.1) is 11.4 Å². The zero-order valence-corrected chi connectivity index (χ0v) is 11.3. The van der Waals surface area contributed by atoms with Crippen molar-refractivity contribution in [3.63, 3.8) is 0 Å².